The molecular weight excluding hydrogens is 340 g/mol. The molecule has 0 radical (unpaired) electrons. The first-order valence-electron chi connectivity index (χ1n) is 8.90. The monoisotopic (exact) mass is 362 g/mol. The zero-order valence-corrected chi connectivity index (χ0v) is 15.2. The van der Waals surface area contributed by atoms with E-state index in [2.05, 4.69) is 24.8 Å². The van der Waals surface area contributed by atoms with Crippen molar-refractivity contribution in [2.75, 3.05) is 48.8 Å². The molecule has 4 heterocycles. The lowest BCUT2D eigenvalue weighted by Gasteiger charge is -2.38. The number of hydrogen-bond donors (Lipinski definition) is 1. The van der Waals surface area contributed by atoms with Gasteiger partial charge in [0.2, 0.25) is 5.88 Å². The number of anilines is 3. The van der Waals surface area contributed by atoms with Crippen LogP contribution in [-0.4, -0.2) is 48.2 Å². The fraction of sp³-hybridized carbons (Fsp3) is 0.250. The molecule has 4 rings (SSSR count). The summed E-state index contributed by atoms with van der Waals surface area (Å²) in [7, 11) is 1.63. The van der Waals surface area contributed by atoms with Crippen LogP contribution in [0.15, 0.2) is 55.1 Å². The summed E-state index contributed by atoms with van der Waals surface area (Å²) in [6, 6.07) is 9.90. The smallest absolute Gasteiger partial charge is 0.213 e. The molecule has 0 unspecified atom stereocenters. The first-order valence-corrected chi connectivity index (χ1v) is 8.90. The van der Waals surface area contributed by atoms with Crippen molar-refractivity contribution in [2.24, 2.45) is 0 Å². The van der Waals surface area contributed by atoms with Gasteiger partial charge in [-0.05, 0) is 23.8 Å². The highest BCUT2D eigenvalue weighted by atomic mass is 16.5. The number of nitrogens with two attached hydrogens (primary N) is 1. The summed E-state index contributed by atoms with van der Waals surface area (Å²) in [4.78, 5) is 17.4. The summed E-state index contributed by atoms with van der Waals surface area (Å²) in [5, 5.41) is 0. The van der Waals surface area contributed by atoms with Crippen molar-refractivity contribution < 1.29 is 4.74 Å². The van der Waals surface area contributed by atoms with E-state index in [1.54, 1.807) is 19.5 Å². The molecule has 27 heavy (non-hydrogen) atoms. The predicted molar refractivity (Wildman–Crippen MR) is 107 cm³/mol. The Labute approximate surface area is 158 Å². The third kappa shape index (κ3) is 3.62. The topological polar surface area (TPSA) is 80.4 Å². The van der Waals surface area contributed by atoms with Crippen molar-refractivity contribution in [3.63, 3.8) is 0 Å². The average Bonchev–Trinajstić information content (AvgIpc) is 2.74. The summed E-state index contributed by atoms with van der Waals surface area (Å²) in [5.41, 5.74) is 10.4. The summed E-state index contributed by atoms with van der Waals surface area (Å²) >= 11 is 0. The highest BCUT2D eigenvalue weighted by molar-refractivity contribution is 5.79. The van der Waals surface area contributed by atoms with E-state index in [0.29, 0.717) is 11.7 Å². The second kappa shape index (κ2) is 7.49. The van der Waals surface area contributed by atoms with Crippen molar-refractivity contribution in [2.45, 2.75) is 0 Å². The largest absolute Gasteiger partial charge is 0.481 e. The molecule has 2 N–H and O–H groups in total. The van der Waals surface area contributed by atoms with Gasteiger partial charge in [0.15, 0.2) is 0 Å². The number of pyridine rings is 3. The van der Waals surface area contributed by atoms with E-state index in [-0.39, 0.29) is 0 Å². The minimum Gasteiger partial charge on any atom is -0.481 e. The molecule has 1 aliphatic heterocycles. The molecule has 1 saturated heterocycles. The molecule has 0 aliphatic carbocycles. The lowest BCUT2D eigenvalue weighted by atomic mass is 10.1. The van der Waals surface area contributed by atoms with Gasteiger partial charge < -0.3 is 20.3 Å². The Morgan fingerprint density at radius 3 is 2.33 bits per heavy atom. The highest BCUT2D eigenvalue weighted by Gasteiger charge is 2.21. The Bertz CT molecular complexity index is 892. The molecule has 3 aromatic rings. The van der Waals surface area contributed by atoms with Crippen LogP contribution < -0.4 is 20.3 Å². The SMILES string of the molecule is COc1ccc(N2CCN(c3cc(N)ncc3-c3ccncc3)CC2)cn1. The van der Waals surface area contributed by atoms with Gasteiger partial charge in [-0.3, -0.25) is 4.98 Å². The van der Waals surface area contributed by atoms with E-state index in [1.165, 1.54) is 0 Å². The van der Waals surface area contributed by atoms with Gasteiger partial charge in [0.1, 0.15) is 5.82 Å². The Morgan fingerprint density at radius 2 is 1.67 bits per heavy atom. The predicted octanol–water partition coefficient (Wildman–Crippen LogP) is 2.46. The maximum absolute atomic E-state index is 5.98. The third-order valence-electron chi connectivity index (χ3n) is 4.81. The van der Waals surface area contributed by atoms with E-state index in [1.807, 2.05) is 42.7 Å². The quantitative estimate of drug-likeness (QED) is 0.763. The van der Waals surface area contributed by atoms with Gasteiger partial charge in [-0.25, -0.2) is 9.97 Å². The molecule has 1 aliphatic rings. The van der Waals surface area contributed by atoms with Gasteiger partial charge in [-0.1, -0.05) is 0 Å². The zero-order chi connectivity index (χ0) is 18.6. The second-order valence-corrected chi connectivity index (χ2v) is 6.40. The maximum atomic E-state index is 5.98. The van der Waals surface area contributed by atoms with E-state index < -0.39 is 0 Å². The van der Waals surface area contributed by atoms with Crippen LogP contribution in [0.1, 0.15) is 0 Å². The Morgan fingerprint density at radius 1 is 0.926 bits per heavy atom. The zero-order valence-electron chi connectivity index (χ0n) is 15.2. The lowest BCUT2D eigenvalue weighted by Crippen LogP contribution is -2.46. The summed E-state index contributed by atoms with van der Waals surface area (Å²) in [6.45, 7) is 3.61. The van der Waals surface area contributed by atoms with Gasteiger partial charge in [-0.15, -0.1) is 0 Å². The van der Waals surface area contributed by atoms with E-state index in [4.69, 9.17) is 10.5 Å². The second-order valence-electron chi connectivity index (χ2n) is 6.40. The minimum absolute atomic E-state index is 0.532. The number of aromatic nitrogens is 3. The van der Waals surface area contributed by atoms with Crippen molar-refractivity contribution in [3.8, 4) is 17.0 Å². The van der Waals surface area contributed by atoms with Crippen molar-refractivity contribution in [1.82, 2.24) is 15.0 Å². The van der Waals surface area contributed by atoms with Crippen LogP contribution in [0.2, 0.25) is 0 Å². The average molecular weight is 362 g/mol. The van der Waals surface area contributed by atoms with Crippen LogP contribution in [0.4, 0.5) is 17.2 Å². The van der Waals surface area contributed by atoms with E-state index in [9.17, 15) is 0 Å². The number of hydrogen-bond acceptors (Lipinski definition) is 7. The third-order valence-corrected chi connectivity index (χ3v) is 4.81. The molecule has 7 nitrogen and oxygen atoms in total. The molecule has 0 aromatic carbocycles. The van der Waals surface area contributed by atoms with Crippen molar-refractivity contribution in [1.29, 1.82) is 0 Å². The number of methoxy groups -OCH3 is 1. The minimum atomic E-state index is 0.532. The van der Waals surface area contributed by atoms with Gasteiger partial charge in [0, 0.05) is 68.2 Å². The van der Waals surface area contributed by atoms with Gasteiger partial charge >= 0.3 is 0 Å². The molecule has 0 atom stereocenters. The number of nitrogen functional groups attached to an aromatic ring is 1. The van der Waals surface area contributed by atoms with Gasteiger partial charge in [0.05, 0.1) is 19.0 Å². The number of ether oxygens (including phenoxy) is 1. The van der Waals surface area contributed by atoms with E-state index in [0.717, 1.165) is 48.7 Å². The van der Waals surface area contributed by atoms with Crippen LogP contribution >= 0.6 is 0 Å². The van der Waals surface area contributed by atoms with Crippen LogP contribution in [0, 0.1) is 0 Å². The van der Waals surface area contributed by atoms with Crippen LogP contribution in [0.5, 0.6) is 5.88 Å². The Kier molecular flexibility index (Phi) is 4.74. The van der Waals surface area contributed by atoms with E-state index >= 15 is 0 Å². The molecule has 7 heteroatoms. The summed E-state index contributed by atoms with van der Waals surface area (Å²) in [6.07, 6.45) is 7.30. The molecule has 138 valence electrons. The highest BCUT2D eigenvalue weighted by Crippen LogP contribution is 2.32. The molecular formula is C20H22N6O. The fourth-order valence-corrected chi connectivity index (χ4v) is 3.36. The first kappa shape index (κ1) is 17.1. The molecule has 1 fully saturated rings. The number of rotatable bonds is 4. The van der Waals surface area contributed by atoms with Crippen LogP contribution in [0.25, 0.3) is 11.1 Å². The molecule has 0 saturated carbocycles. The normalized spacial score (nSPS) is 14.3. The molecule has 0 amide bonds. The molecule has 3 aromatic heterocycles. The van der Waals surface area contributed by atoms with Crippen LogP contribution in [-0.2, 0) is 0 Å². The maximum Gasteiger partial charge on any atom is 0.213 e. The van der Waals surface area contributed by atoms with Gasteiger partial charge in [-0.2, -0.15) is 0 Å². The fourth-order valence-electron chi connectivity index (χ4n) is 3.36. The lowest BCUT2D eigenvalue weighted by molar-refractivity contribution is 0.398. The molecule has 0 spiro atoms. The summed E-state index contributed by atoms with van der Waals surface area (Å²) in [5.74, 6) is 1.16. The summed E-state index contributed by atoms with van der Waals surface area (Å²) < 4.78 is 5.14. The number of nitrogens with zero attached hydrogens (tertiary/aromatic N) is 5. The first-order chi connectivity index (χ1) is 13.2. The van der Waals surface area contributed by atoms with Gasteiger partial charge in [0.25, 0.3) is 0 Å². The Balaban J connectivity index is 1.53. The molecule has 0 bridgehead atoms. The Hall–Kier alpha value is -3.35. The van der Waals surface area contributed by atoms with Crippen molar-refractivity contribution >= 4 is 17.2 Å². The van der Waals surface area contributed by atoms with Crippen LogP contribution in [0.3, 0.4) is 0 Å². The van der Waals surface area contributed by atoms with Crippen molar-refractivity contribution in [3.05, 3.63) is 55.1 Å². The number of piperazine rings is 1. The standard InChI is InChI=1S/C20H22N6O/c1-27-20-3-2-16(13-24-20)25-8-10-26(11-9-25)18-12-19(21)23-14-17(18)15-4-6-22-7-5-15/h2-7,12-14H,8-11H2,1H3,(H2,21,23).